The summed E-state index contributed by atoms with van der Waals surface area (Å²) >= 11 is 1.49. The highest BCUT2D eigenvalue weighted by atomic mass is 32.2. The highest BCUT2D eigenvalue weighted by molar-refractivity contribution is 8.00. The zero-order valence-electron chi connectivity index (χ0n) is 14.7. The molecule has 2 amide bonds. The van der Waals surface area contributed by atoms with E-state index in [4.69, 9.17) is 9.47 Å². The van der Waals surface area contributed by atoms with Crippen LogP contribution in [0.15, 0.2) is 47.4 Å². The summed E-state index contributed by atoms with van der Waals surface area (Å²) in [6, 6.07) is 13.0. The molecule has 7 heteroatoms. The maximum absolute atomic E-state index is 12.4. The molecule has 0 bridgehead atoms. The van der Waals surface area contributed by atoms with Crippen LogP contribution in [0.2, 0.25) is 0 Å². The van der Waals surface area contributed by atoms with E-state index in [-0.39, 0.29) is 24.9 Å². The van der Waals surface area contributed by atoms with Gasteiger partial charge in [-0.15, -0.1) is 11.8 Å². The van der Waals surface area contributed by atoms with Gasteiger partial charge in [-0.25, -0.2) is 0 Å². The van der Waals surface area contributed by atoms with Crippen LogP contribution < -0.4 is 19.7 Å². The summed E-state index contributed by atoms with van der Waals surface area (Å²) in [6.07, 6.45) is 0. The van der Waals surface area contributed by atoms with Crippen LogP contribution in [0.1, 0.15) is 5.56 Å². The number of rotatable bonds is 6. The van der Waals surface area contributed by atoms with Crippen LogP contribution in [0.25, 0.3) is 0 Å². The minimum absolute atomic E-state index is 0.0112. The molecular formula is C19H20N2O4S. The smallest absolute Gasteiger partial charge is 0.240 e. The average Bonchev–Trinajstić information content (AvgIpc) is 2.68. The zero-order valence-corrected chi connectivity index (χ0v) is 15.5. The Hall–Kier alpha value is -2.67. The third-order valence-electron chi connectivity index (χ3n) is 4.07. The van der Waals surface area contributed by atoms with Crippen molar-refractivity contribution in [1.29, 1.82) is 0 Å². The number of amides is 2. The third kappa shape index (κ3) is 3.94. The van der Waals surface area contributed by atoms with Gasteiger partial charge in [-0.3, -0.25) is 9.59 Å². The lowest BCUT2D eigenvalue weighted by atomic mass is 10.2. The van der Waals surface area contributed by atoms with E-state index in [9.17, 15) is 9.59 Å². The maximum Gasteiger partial charge on any atom is 0.240 e. The van der Waals surface area contributed by atoms with E-state index in [1.54, 1.807) is 26.4 Å². The first kappa shape index (κ1) is 18.1. The van der Waals surface area contributed by atoms with Gasteiger partial charge in [-0.2, -0.15) is 0 Å². The predicted octanol–water partition coefficient (Wildman–Crippen LogP) is 2.46. The van der Waals surface area contributed by atoms with Crippen LogP contribution in [0.3, 0.4) is 0 Å². The first-order chi connectivity index (χ1) is 12.6. The number of hydrogen-bond donors (Lipinski definition) is 1. The molecule has 1 aliphatic heterocycles. The Morgan fingerprint density at radius 3 is 2.77 bits per heavy atom. The summed E-state index contributed by atoms with van der Waals surface area (Å²) in [5, 5.41) is 2.85. The SMILES string of the molecule is COc1ccc(OC)c(CNC(=O)CN2C(=O)CSc3ccccc32)c1. The Labute approximate surface area is 156 Å². The molecule has 0 aliphatic carbocycles. The van der Waals surface area contributed by atoms with Crippen LogP contribution in [-0.4, -0.2) is 38.3 Å². The molecule has 2 aromatic rings. The molecule has 0 fully saturated rings. The van der Waals surface area contributed by atoms with Crippen LogP contribution in [0.4, 0.5) is 5.69 Å². The quantitative estimate of drug-likeness (QED) is 0.844. The van der Waals surface area contributed by atoms with Gasteiger partial charge in [0.1, 0.15) is 18.0 Å². The van der Waals surface area contributed by atoms with Crippen molar-refractivity contribution in [3.8, 4) is 11.5 Å². The number of fused-ring (bicyclic) bond motifs is 1. The highest BCUT2D eigenvalue weighted by Crippen LogP contribution is 2.34. The molecule has 0 aromatic heterocycles. The predicted molar refractivity (Wildman–Crippen MR) is 101 cm³/mol. The fourth-order valence-electron chi connectivity index (χ4n) is 2.74. The van der Waals surface area contributed by atoms with E-state index in [0.29, 0.717) is 17.3 Å². The Bertz CT molecular complexity index is 825. The molecule has 0 saturated heterocycles. The number of nitrogens with zero attached hydrogens (tertiary/aromatic N) is 1. The van der Waals surface area contributed by atoms with E-state index in [0.717, 1.165) is 16.1 Å². The van der Waals surface area contributed by atoms with E-state index < -0.39 is 0 Å². The van der Waals surface area contributed by atoms with Crippen molar-refractivity contribution in [3.63, 3.8) is 0 Å². The number of ether oxygens (including phenoxy) is 2. The number of carbonyl (C=O) groups excluding carboxylic acids is 2. The second-order valence-electron chi connectivity index (χ2n) is 5.69. The maximum atomic E-state index is 12.4. The van der Waals surface area contributed by atoms with Gasteiger partial charge in [0.2, 0.25) is 11.8 Å². The molecule has 1 aliphatic rings. The summed E-state index contributed by atoms with van der Waals surface area (Å²) in [5.74, 6) is 1.40. The van der Waals surface area contributed by atoms with Crippen molar-refractivity contribution in [3.05, 3.63) is 48.0 Å². The minimum atomic E-state index is -0.232. The van der Waals surface area contributed by atoms with Crippen LogP contribution in [-0.2, 0) is 16.1 Å². The molecule has 136 valence electrons. The van der Waals surface area contributed by atoms with Gasteiger partial charge >= 0.3 is 0 Å². The topological polar surface area (TPSA) is 67.9 Å². The lowest BCUT2D eigenvalue weighted by Crippen LogP contribution is -2.43. The first-order valence-corrected chi connectivity index (χ1v) is 9.10. The van der Waals surface area contributed by atoms with Crippen LogP contribution in [0, 0.1) is 0 Å². The summed E-state index contributed by atoms with van der Waals surface area (Å²) in [7, 11) is 3.16. The van der Waals surface area contributed by atoms with Gasteiger partial charge in [0.15, 0.2) is 0 Å². The number of thioether (sulfide) groups is 1. The molecule has 3 rings (SSSR count). The molecule has 0 saturated carbocycles. The Morgan fingerprint density at radius 2 is 2.00 bits per heavy atom. The van der Waals surface area contributed by atoms with Gasteiger partial charge in [0.25, 0.3) is 0 Å². The van der Waals surface area contributed by atoms with E-state index >= 15 is 0 Å². The highest BCUT2D eigenvalue weighted by Gasteiger charge is 2.26. The molecule has 1 heterocycles. The molecule has 0 radical (unpaired) electrons. The van der Waals surface area contributed by atoms with Gasteiger partial charge in [-0.05, 0) is 30.3 Å². The van der Waals surface area contributed by atoms with Crippen molar-refractivity contribution >= 4 is 29.3 Å². The van der Waals surface area contributed by atoms with Crippen molar-refractivity contribution in [2.24, 2.45) is 0 Å². The van der Waals surface area contributed by atoms with Crippen molar-refractivity contribution < 1.29 is 19.1 Å². The Kier molecular flexibility index (Phi) is 5.68. The summed E-state index contributed by atoms with van der Waals surface area (Å²) in [5.41, 5.74) is 1.59. The summed E-state index contributed by atoms with van der Waals surface area (Å²) < 4.78 is 10.5. The largest absolute Gasteiger partial charge is 0.497 e. The lowest BCUT2D eigenvalue weighted by Gasteiger charge is -2.28. The third-order valence-corrected chi connectivity index (χ3v) is 5.12. The van der Waals surface area contributed by atoms with Crippen LogP contribution in [0.5, 0.6) is 11.5 Å². The molecule has 26 heavy (non-hydrogen) atoms. The molecule has 1 N–H and O–H groups in total. The normalized spacial score (nSPS) is 13.2. The van der Waals surface area contributed by atoms with Crippen molar-refractivity contribution in [2.45, 2.75) is 11.4 Å². The van der Waals surface area contributed by atoms with Gasteiger partial charge in [0.05, 0.1) is 25.7 Å². The fourth-order valence-corrected chi connectivity index (χ4v) is 3.68. The Morgan fingerprint density at radius 1 is 1.19 bits per heavy atom. The van der Waals surface area contributed by atoms with Crippen LogP contribution >= 0.6 is 11.8 Å². The molecule has 0 atom stereocenters. The number of para-hydroxylation sites is 1. The second kappa shape index (κ2) is 8.14. The average molecular weight is 372 g/mol. The number of hydrogen-bond acceptors (Lipinski definition) is 5. The Balaban J connectivity index is 1.68. The number of methoxy groups -OCH3 is 2. The molecule has 0 unspecified atom stereocenters. The van der Waals surface area contributed by atoms with Crippen molar-refractivity contribution in [1.82, 2.24) is 5.32 Å². The first-order valence-electron chi connectivity index (χ1n) is 8.12. The second-order valence-corrected chi connectivity index (χ2v) is 6.71. The molecular weight excluding hydrogens is 352 g/mol. The number of carbonyl (C=O) groups is 2. The van der Waals surface area contributed by atoms with Gasteiger partial charge in [-0.1, -0.05) is 12.1 Å². The monoisotopic (exact) mass is 372 g/mol. The summed E-state index contributed by atoms with van der Waals surface area (Å²) in [4.78, 5) is 27.2. The van der Waals surface area contributed by atoms with Crippen molar-refractivity contribution in [2.75, 3.05) is 31.4 Å². The van der Waals surface area contributed by atoms with E-state index in [1.807, 2.05) is 30.3 Å². The molecule has 0 spiro atoms. The minimum Gasteiger partial charge on any atom is -0.497 e. The van der Waals surface area contributed by atoms with E-state index in [2.05, 4.69) is 5.32 Å². The fraction of sp³-hybridized carbons (Fsp3) is 0.263. The number of nitrogens with one attached hydrogen (secondary N) is 1. The summed E-state index contributed by atoms with van der Waals surface area (Å²) in [6.45, 7) is 0.278. The number of anilines is 1. The van der Waals surface area contributed by atoms with Gasteiger partial charge < -0.3 is 19.7 Å². The molecule has 2 aromatic carbocycles. The number of benzene rings is 2. The van der Waals surface area contributed by atoms with E-state index in [1.165, 1.54) is 16.7 Å². The molecule has 6 nitrogen and oxygen atoms in total. The standard InChI is InChI=1S/C19H20N2O4S/c1-24-14-7-8-16(25-2)13(9-14)10-20-18(22)11-21-15-5-3-4-6-17(15)26-12-19(21)23/h3-9H,10-12H2,1-2H3,(H,20,22). The van der Waals surface area contributed by atoms with Gasteiger partial charge in [0, 0.05) is 17.0 Å². The zero-order chi connectivity index (χ0) is 18.5. The lowest BCUT2D eigenvalue weighted by molar-refractivity contribution is -0.123.